The van der Waals surface area contributed by atoms with Crippen LogP contribution in [0, 0.1) is 19.8 Å². The summed E-state index contributed by atoms with van der Waals surface area (Å²) in [6.07, 6.45) is 5.80. The van der Waals surface area contributed by atoms with Crippen molar-refractivity contribution in [1.82, 2.24) is 19.8 Å². The van der Waals surface area contributed by atoms with Crippen LogP contribution < -0.4 is 10.9 Å². The van der Waals surface area contributed by atoms with Crippen molar-refractivity contribution in [3.8, 4) is 0 Å². The molecule has 0 bridgehead atoms. The van der Waals surface area contributed by atoms with Crippen LogP contribution in [0.1, 0.15) is 53.9 Å². The number of nitrogens with zero attached hydrogens (tertiary/aromatic N) is 3. The monoisotopic (exact) mass is 396 g/mol. The van der Waals surface area contributed by atoms with Gasteiger partial charge in [-0.3, -0.25) is 14.6 Å². The Kier molecular flexibility index (Phi) is 6.85. The third-order valence-electron chi connectivity index (χ3n) is 5.76. The van der Waals surface area contributed by atoms with Gasteiger partial charge in [-0.1, -0.05) is 6.07 Å². The molecule has 1 atom stereocenters. The predicted octanol–water partition coefficient (Wildman–Crippen LogP) is 2.91. The third kappa shape index (κ3) is 4.93. The molecule has 2 aromatic rings. The van der Waals surface area contributed by atoms with Gasteiger partial charge < -0.3 is 14.8 Å². The highest BCUT2D eigenvalue weighted by molar-refractivity contribution is 5.95. The van der Waals surface area contributed by atoms with Crippen LogP contribution in [0.4, 0.5) is 0 Å². The zero-order valence-corrected chi connectivity index (χ0v) is 17.9. The van der Waals surface area contributed by atoms with Gasteiger partial charge in [-0.25, -0.2) is 0 Å². The summed E-state index contributed by atoms with van der Waals surface area (Å²) in [5.74, 6) is 0.202. The van der Waals surface area contributed by atoms with Gasteiger partial charge >= 0.3 is 0 Å². The molecule has 0 saturated carbocycles. The average Bonchev–Trinajstić information content (AvgIpc) is 2.70. The molecule has 29 heavy (non-hydrogen) atoms. The average molecular weight is 397 g/mol. The van der Waals surface area contributed by atoms with Crippen molar-refractivity contribution in [1.29, 1.82) is 0 Å². The predicted molar refractivity (Wildman–Crippen MR) is 115 cm³/mol. The van der Waals surface area contributed by atoms with Gasteiger partial charge in [0.15, 0.2) is 0 Å². The number of amides is 1. The molecule has 3 heterocycles. The Morgan fingerprint density at radius 3 is 2.76 bits per heavy atom. The summed E-state index contributed by atoms with van der Waals surface area (Å²) in [5.41, 5.74) is 2.71. The first kappa shape index (κ1) is 21.2. The number of aromatic nitrogens is 2. The van der Waals surface area contributed by atoms with E-state index in [1.54, 1.807) is 15.7 Å². The van der Waals surface area contributed by atoms with Crippen molar-refractivity contribution >= 4 is 5.91 Å². The number of nitrogens with one attached hydrogen (secondary N) is 1. The van der Waals surface area contributed by atoms with Crippen molar-refractivity contribution in [2.75, 3.05) is 13.1 Å². The molecule has 1 amide bonds. The first-order valence-electron chi connectivity index (χ1n) is 10.5. The van der Waals surface area contributed by atoms with Crippen LogP contribution in [0.2, 0.25) is 0 Å². The minimum absolute atomic E-state index is 0.0427. The van der Waals surface area contributed by atoms with Gasteiger partial charge in [-0.05, 0) is 82.8 Å². The molecule has 1 saturated heterocycles. The Morgan fingerprint density at radius 1 is 1.31 bits per heavy atom. The van der Waals surface area contributed by atoms with Gasteiger partial charge in [0.2, 0.25) is 0 Å². The van der Waals surface area contributed by atoms with E-state index in [1.807, 2.05) is 52.1 Å². The minimum Gasteiger partial charge on any atom is -0.330 e. The molecule has 1 aliphatic rings. The van der Waals surface area contributed by atoms with E-state index >= 15 is 0 Å². The Balaban J connectivity index is 1.90. The SMILES string of the molecule is Cc1cccnc1CN(C(=O)c1c(C)ccn(CC2CCCNC2)c1=O)C(C)C. The minimum atomic E-state index is -0.219. The largest absolute Gasteiger partial charge is 0.330 e. The van der Waals surface area contributed by atoms with Crippen molar-refractivity contribution in [3.05, 3.63) is 63.3 Å². The van der Waals surface area contributed by atoms with Crippen LogP contribution in [0.25, 0.3) is 0 Å². The second kappa shape index (κ2) is 9.35. The topological polar surface area (TPSA) is 67.2 Å². The highest BCUT2D eigenvalue weighted by Crippen LogP contribution is 2.16. The summed E-state index contributed by atoms with van der Waals surface area (Å²) in [6.45, 7) is 10.8. The number of piperidine rings is 1. The number of aryl methyl sites for hydroxylation is 2. The molecule has 0 aliphatic carbocycles. The number of hydrogen-bond donors (Lipinski definition) is 1. The maximum absolute atomic E-state index is 13.5. The van der Waals surface area contributed by atoms with Crippen LogP contribution in [-0.4, -0.2) is 39.5 Å². The molecule has 6 heteroatoms. The van der Waals surface area contributed by atoms with E-state index < -0.39 is 0 Å². The first-order chi connectivity index (χ1) is 13.9. The van der Waals surface area contributed by atoms with E-state index in [4.69, 9.17) is 0 Å². The fourth-order valence-corrected chi connectivity index (χ4v) is 3.90. The lowest BCUT2D eigenvalue weighted by Gasteiger charge is -2.28. The van der Waals surface area contributed by atoms with Crippen molar-refractivity contribution in [2.45, 2.75) is 59.7 Å². The number of hydrogen-bond acceptors (Lipinski definition) is 4. The fourth-order valence-electron chi connectivity index (χ4n) is 3.90. The molecule has 1 N–H and O–H groups in total. The Bertz CT molecular complexity index is 913. The van der Waals surface area contributed by atoms with Crippen LogP contribution in [0.3, 0.4) is 0 Å². The Hall–Kier alpha value is -2.47. The smallest absolute Gasteiger partial charge is 0.263 e. The normalized spacial score (nSPS) is 16.8. The molecular weight excluding hydrogens is 364 g/mol. The van der Waals surface area contributed by atoms with Gasteiger partial charge in [0.05, 0.1) is 12.2 Å². The highest BCUT2D eigenvalue weighted by atomic mass is 16.2. The molecule has 0 radical (unpaired) electrons. The van der Waals surface area contributed by atoms with E-state index in [0.29, 0.717) is 19.0 Å². The second-order valence-corrected chi connectivity index (χ2v) is 8.34. The van der Waals surface area contributed by atoms with Crippen LogP contribution in [0.5, 0.6) is 0 Å². The standard InChI is InChI=1S/C23H32N4O2/c1-16(2)27(15-20-17(3)7-5-11-25-20)23(29)21-18(4)9-12-26(22(21)28)14-19-8-6-10-24-13-19/h5,7,9,11-12,16,19,24H,6,8,10,13-15H2,1-4H3. The second-order valence-electron chi connectivity index (χ2n) is 8.34. The van der Waals surface area contributed by atoms with Crippen LogP contribution >= 0.6 is 0 Å². The number of rotatable bonds is 6. The van der Waals surface area contributed by atoms with E-state index in [0.717, 1.165) is 42.8 Å². The van der Waals surface area contributed by atoms with Crippen molar-refractivity contribution in [3.63, 3.8) is 0 Å². The maximum atomic E-state index is 13.5. The molecule has 1 aliphatic heterocycles. The summed E-state index contributed by atoms with van der Waals surface area (Å²) in [7, 11) is 0. The number of pyridine rings is 2. The zero-order valence-electron chi connectivity index (χ0n) is 17.9. The van der Waals surface area contributed by atoms with Gasteiger partial charge in [-0.2, -0.15) is 0 Å². The van der Waals surface area contributed by atoms with Crippen molar-refractivity contribution < 1.29 is 4.79 Å². The van der Waals surface area contributed by atoms with E-state index in [9.17, 15) is 9.59 Å². The molecule has 0 spiro atoms. The molecule has 1 unspecified atom stereocenters. The van der Waals surface area contributed by atoms with E-state index in [-0.39, 0.29) is 23.1 Å². The summed E-state index contributed by atoms with van der Waals surface area (Å²) in [4.78, 5) is 32.9. The first-order valence-corrected chi connectivity index (χ1v) is 10.5. The maximum Gasteiger partial charge on any atom is 0.263 e. The molecule has 2 aromatic heterocycles. The number of carbonyl (C=O) groups is 1. The molecule has 156 valence electrons. The lowest BCUT2D eigenvalue weighted by molar-refractivity contribution is 0.0684. The van der Waals surface area contributed by atoms with Gasteiger partial charge in [0.1, 0.15) is 5.56 Å². The molecular formula is C23H32N4O2. The summed E-state index contributed by atoms with van der Waals surface area (Å²) >= 11 is 0. The zero-order chi connectivity index (χ0) is 21.0. The lowest BCUT2D eigenvalue weighted by Crippen LogP contribution is -2.42. The molecule has 0 aromatic carbocycles. The van der Waals surface area contributed by atoms with Gasteiger partial charge in [0.25, 0.3) is 11.5 Å². The van der Waals surface area contributed by atoms with Crippen LogP contribution in [-0.2, 0) is 13.1 Å². The summed E-state index contributed by atoms with van der Waals surface area (Å²) < 4.78 is 1.71. The molecule has 1 fully saturated rings. The Labute approximate surface area is 173 Å². The van der Waals surface area contributed by atoms with Gasteiger partial charge in [0, 0.05) is 25.0 Å². The third-order valence-corrected chi connectivity index (χ3v) is 5.76. The number of carbonyl (C=O) groups excluding carboxylic acids is 1. The lowest BCUT2D eigenvalue weighted by atomic mass is 9.99. The van der Waals surface area contributed by atoms with Gasteiger partial charge in [-0.15, -0.1) is 0 Å². The van der Waals surface area contributed by atoms with E-state index in [1.165, 1.54) is 0 Å². The highest BCUT2D eigenvalue weighted by Gasteiger charge is 2.25. The van der Waals surface area contributed by atoms with Crippen molar-refractivity contribution in [2.24, 2.45) is 5.92 Å². The fraction of sp³-hybridized carbons (Fsp3) is 0.522. The molecule has 3 rings (SSSR count). The Morgan fingerprint density at radius 2 is 2.10 bits per heavy atom. The van der Waals surface area contributed by atoms with E-state index in [2.05, 4.69) is 10.3 Å². The quantitative estimate of drug-likeness (QED) is 0.815. The van der Waals surface area contributed by atoms with Crippen LogP contribution in [0.15, 0.2) is 35.4 Å². The summed E-state index contributed by atoms with van der Waals surface area (Å²) in [5, 5.41) is 3.39. The summed E-state index contributed by atoms with van der Waals surface area (Å²) in [6, 6.07) is 5.72. The molecule has 6 nitrogen and oxygen atoms in total.